The van der Waals surface area contributed by atoms with Crippen LogP contribution < -0.4 is 5.32 Å². The summed E-state index contributed by atoms with van der Waals surface area (Å²) in [6.45, 7) is 4.83. The van der Waals surface area contributed by atoms with Crippen molar-refractivity contribution in [3.63, 3.8) is 0 Å². The molecule has 0 saturated carbocycles. The largest absolute Gasteiger partial charge is 0.508 e. The summed E-state index contributed by atoms with van der Waals surface area (Å²) in [6.07, 6.45) is 10.3. The van der Waals surface area contributed by atoms with E-state index in [2.05, 4.69) is 21.9 Å². The van der Waals surface area contributed by atoms with Crippen molar-refractivity contribution in [1.82, 2.24) is 19.3 Å². The first-order valence-corrected chi connectivity index (χ1v) is 11.3. The van der Waals surface area contributed by atoms with E-state index < -0.39 is 17.7 Å². The number of carbonyl (C=O) groups excluding carboxylic acids is 2. The molecule has 0 radical (unpaired) electrons. The molecule has 1 aliphatic heterocycles. The fraction of sp³-hybridized carbons (Fsp3) is 0.231. The number of amides is 2. The Morgan fingerprint density at radius 3 is 2.89 bits per heavy atom. The number of nitrogens with zero attached hydrogens (tertiary/aromatic N) is 4. The van der Waals surface area contributed by atoms with E-state index in [1.54, 1.807) is 17.4 Å². The van der Waals surface area contributed by atoms with Gasteiger partial charge in [0.05, 0.1) is 23.5 Å². The van der Waals surface area contributed by atoms with Crippen LogP contribution in [0, 0.1) is 5.92 Å². The second-order valence-corrected chi connectivity index (χ2v) is 8.66. The van der Waals surface area contributed by atoms with Gasteiger partial charge in [-0.05, 0) is 54.3 Å². The van der Waals surface area contributed by atoms with Crippen LogP contribution in [0.2, 0.25) is 0 Å². The summed E-state index contributed by atoms with van der Waals surface area (Å²) in [5, 5.41) is 12.1. The normalized spacial score (nSPS) is 19.9. The molecule has 9 heteroatoms. The molecule has 2 amide bonds. The summed E-state index contributed by atoms with van der Waals surface area (Å²) in [5.41, 5.74) is 3.47. The smallest absolute Gasteiger partial charge is 0.245 e. The number of carbonyl (C=O) groups is 2. The number of allylic oxidation sites excluding steroid dienone is 3. The van der Waals surface area contributed by atoms with E-state index in [-0.39, 0.29) is 29.8 Å². The fourth-order valence-electron chi connectivity index (χ4n) is 4.75. The number of rotatable bonds is 5. The van der Waals surface area contributed by atoms with E-state index in [1.165, 1.54) is 30.5 Å². The van der Waals surface area contributed by atoms with Crippen molar-refractivity contribution in [1.29, 1.82) is 0 Å². The minimum Gasteiger partial charge on any atom is -0.508 e. The lowest BCUT2D eigenvalue weighted by atomic mass is 9.92. The number of fused-ring (bicyclic) bond motifs is 1. The molecule has 4 heterocycles. The molecule has 1 saturated heterocycles. The lowest BCUT2D eigenvalue weighted by molar-refractivity contribution is -0.125. The Balaban J connectivity index is 1.39. The maximum absolute atomic E-state index is 15.1. The first kappa shape index (κ1) is 22.5. The molecular weight excluding hydrogens is 449 g/mol. The third-order valence-corrected chi connectivity index (χ3v) is 6.53. The monoisotopic (exact) mass is 473 g/mol. The molecule has 2 N–H and O–H groups in total. The Morgan fingerprint density at radius 2 is 2.11 bits per heavy atom. The highest BCUT2D eigenvalue weighted by atomic mass is 19.1. The van der Waals surface area contributed by atoms with Crippen LogP contribution in [0.4, 0.5) is 10.2 Å². The zero-order valence-electron chi connectivity index (χ0n) is 18.9. The number of pyridine rings is 1. The topological polar surface area (TPSA) is 99.8 Å². The van der Waals surface area contributed by atoms with Crippen LogP contribution in [0.3, 0.4) is 0 Å². The van der Waals surface area contributed by atoms with Crippen LogP contribution >= 0.6 is 0 Å². The number of nitrogens with one attached hydrogen (secondary N) is 1. The van der Waals surface area contributed by atoms with Gasteiger partial charge in [-0.3, -0.25) is 9.59 Å². The second-order valence-electron chi connectivity index (χ2n) is 8.66. The number of hydrogen-bond acceptors (Lipinski definition) is 5. The Labute approximate surface area is 201 Å². The predicted octanol–water partition coefficient (Wildman–Crippen LogP) is 3.83. The second kappa shape index (κ2) is 9.17. The number of halogens is 1. The summed E-state index contributed by atoms with van der Waals surface area (Å²) in [4.78, 5) is 34.7. The summed E-state index contributed by atoms with van der Waals surface area (Å²) >= 11 is 0. The Hall–Kier alpha value is -4.27. The fourth-order valence-corrected chi connectivity index (χ4v) is 4.75. The quantitative estimate of drug-likeness (QED) is 0.549. The number of hydrogen-bond donors (Lipinski definition) is 2. The summed E-state index contributed by atoms with van der Waals surface area (Å²) in [7, 11) is 0. The van der Waals surface area contributed by atoms with Crippen molar-refractivity contribution >= 4 is 28.7 Å². The van der Waals surface area contributed by atoms with E-state index in [4.69, 9.17) is 0 Å². The van der Waals surface area contributed by atoms with Crippen molar-refractivity contribution in [2.24, 2.45) is 5.92 Å². The Morgan fingerprint density at radius 1 is 1.26 bits per heavy atom. The Bertz CT molecular complexity index is 1390. The van der Waals surface area contributed by atoms with E-state index in [0.717, 1.165) is 23.2 Å². The first-order chi connectivity index (χ1) is 16.9. The van der Waals surface area contributed by atoms with Crippen LogP contribution in [0.5, 0.6) is 5.75 Å². The number of likely N-dealkylation sites (tertiary alicyclic amines) is 1. The molecule has 8 nitrogen and oxygen atoms in total. The highest BCUT2D eigenvalue weighted by Gasteiger charge is 2.30. The lowest BCUT2D eigenvalue weighted by Gasteiger charge is -2.18. The average Bonchev–Trinajstić information content (AvgIpc) is 3.49. The van der Waals surface area contributed by atoms with Crippen molar-refractivity contribution in [3.05, 3.63) is 84.9 Å². The average molecular weight is 474 g/mol. The maximum Gasteiger partial charge on any atom is 0.245 e. The van der Waals surface area contributed by atoms with Crippen molar-refractivity contribution < 1.29 is 19.1 Å². The van der Waals surface area contributed by atoms with E-state index in [0.29, 0.717) is 18.7 Å². The molecule has 178 valence electrons. The molecule has 5 rings (SSSR count). The molecule has 0 aromatic carbocycles. The molecule has 35 heavy (non-hydrogen) atoms. The molecule has 1 fully saturated rings. The van der Waals surface area contributed by atoms with Gasteiger partial charge >= 0.3 is 0 Å². The van der Waals surface area contributed by atoms with Gasteiger partial charge in [0.2, 0.25) is 11.8 Å². The van der Waals surface area contributed by atoms with Crippen molar-refractivity contribution in [2.45, 2.75) is 18.8 Å². The lowest BCUT2D eigenvalue weighted by Crippen LogP contribution is -2.26. The highest BCUT2D eigenvalue weighted by Crippen LogP contribution is 2.37. The summed E-state index contributed by atoms with van der Waals surface area (Å²) in [6, 6.07) is 6.63. The summed E-state index contributed by atoms with van der Waals surface area (Å²) < 4.78 is 17.0. The van der Waals surface area contributed by atoms with E-state index in [9.17, 15) is 14.7 Å². The highest BCUT2D eigenvalue weighted by molar-refractivity contribution is 5.95. The third kappa shape index (κ3) is 4.32. The van der Waals surface area contributed by atoms with Gasteiger partial charge in [0.25, 0.3) is 0 Å². The molecule has 0 spiro atoms. The van der Waals surface area contributed by atoms with Crippen LogP contribution in [0.25, 0.3) is 11.1 Å². The molecule has 1 aliphatic carbocycles. The molecular formula is C26H24FN5O3. The first-order valence-electron chi connectivity index (χ1n) is 11.3. The third-order valence-electron chi connectivity index (χ3n) is 6.53. The zero-order chi connectivity index (χ0) is 24.5. The van der Waals surface area contributed by atoms with Gasteiger partial charge < -0.3 is 19.7 Å². The van der Waals surface area contributed by atoms with Gasteiger partial charge in [0.1, 0.15) is 17.4 Å². The van der Waals surface area contributed by atoms with Gasteiger partial charge in [0, 0.05) is 37.5 Å². The van der Waals surface area contributed by atoms with Crippen LogP contribution in [0.15, 0.2) is 73.6 Å². The van der Waals surface area contributed by atoms with Crippen LogP contribution in [0.1, 0.15) is 30.0 Å². The minimum absolute atomic E-state index is 0.0408. The number of aromatic hydroxyl groups is 1. The molecule has 2 unspecified atom stereocenters. The summed E-state index contributed by atoms with van der Waals surface area (Å²) in [5.74, 6) is -1.89. The predicted molar refractivity (Wildman–Crippen MR) is 129 cm³/mol. The number of anilines is 1. The molecule has 2 aliphatic rings. The molecule has 2 atom stereocenters. The standard InChI is InChI=1S/C26H24FN5O3/c1-2-25(34)31-10-7-17(14-31)20-13-23(32-15-28-8-6-22(20)32)16-3-4-19(21(27)11-16)26(35)30-24-12-18(33)5-9-29-24/h2-3,5-6,8-9,11-13,15,17,19H,1,4,7,10,14H2,(H2,29,30,33,35). The van der Waals surface area contributed by atoms with Gasteiger partial charge in [-0.15, -0.1) is 0 Å². The van der Waals surface area contributed by atoms with Gasteiger partial charge in [0.15, 0.2) is 0 Å². The van der Waals surface area contributed by atoms with Gasteiger partial charge in [-0.1, -0.05) is 12.7 Å². The van der Waals surface area contributed by atoms with E-state index >= 15 is 4.39 Å². The zero-order valence-corrected chi connectivity index (χ0v) is 18.9. The Kier molecular flexibility index (Phi) is 5.90. The van der Waals surface area contributed by atoms with Crippen LogP contribution in [-0.2, 0) is 9.59 Å². The molecule has 3 aromatic rings. The molecule has 0 bridgehead atoms. The van der Waals surface area contributed by atoms with Crippen molar-refractivity contribution in [3.8, 4) is 5.75 Å². The van der Waals surface area contributed by atoms with Crippen LogP contribution in [-0.4, -0.2) is 49.3 Å². The van der Waals surface area contributed by atoms with Gasteiger partial charge in [-0.25, -0.2) is 14.4 Å². The molecule has 3 aromatic heterocycles. The minimum atomic E-state index is -0.986. The van der Waals surface area contributed by atoms with Gasteiger partial charge in [-0.2, -0.15) is 0 Å². The maximum atomic E-state index is 15.1. The number of aromatic nitrogens is 3. The SMILES string of the molecule is C=CC(=O)N1CCC(c2cc(C3=CCC(C(=O)Nc4cc(O)ccn4)C(F)=C3)n3cnccc23)C1. The van der Waals surface area contributed by atoms with E-state index in [1.807, 2.05) is 22.6 Å². The van der Waals surface area contributed by atoms with Crippen molar-refractivity contribution in [2.75, 3.05) is 18.4 Å².